The number of hydrogen-bond acceptors (Lipinski definition) is 1. The van der Waals surface area contributed by atoms with E-state index in [1.807, 2.05) is 48.7 Å². The second-order valence-corrected chi connectivity index (χ2v) is 5.28. The molecule has 0 aliphatic carbocycles. The minimum atomic E-state index is -0.794. The van der Waals surface area contributed by atoms with E-state index >= 15 is 0 Å². The number of carboxylic acids is 1. The van der Waals surface area contributed by atoms with Gasteiger partial charge in [-0.05, 0) is 24.1 Å². The first-order valence-electron chi connectivity index (χ1n) is 7.01. The van der Waals surface area contributed by atoms with Crippen molar-refractivity contribution in [3.05, 3.63) is 71.9 Å². The molecule has 0 spiro atoms. The lowest BCUT2D eigenvalue weighted by Gasteiger charge is -2.05. The van der Waals surface area contributed by atoms with Crippen molar-refractivity contribution < 1.29 is 9.90 Å². The van der Waals surface area contributed by atoms with Crippen LogP contribution in [0.5, 0.6) is 0 Å². The Morgan fingerprint density at radius 1 is 1.10 bits per heavy atom. The van der Waals surface area contributed by atoms with E-state index in [1.165, 1.54) is 5.56 Å². The lowest BCUT2D eigenvalue weighted by molar-refractivity contribution is -0.138. The summed E-state index contributed by atoms with van der Waals surface area (Å²) in [5.41, 5.74) is 3.14. The molecule has 0 aliphatic rings. The molecular weight excluding hydrogens is 262 g/mol. The summed E-state index contributed by atoms with van der Waals surface area (Å²) in [6.45, 7) is 2.48. The average molecular weight is 279 g/mol. The second kappa shape index (κ2) is 5.44. The average Bonchev–Trinajstić information content (AvgIpc) is 2.86. The number of carbonyl (C=O) groups is 1. The molecule has 0 amide bonds. The van der Waals surface area contributed by atoms with E-state index in [9.17, 15) is 9.90 Å². The SMILES string of the molecule is C[C@@H](C(=O)O)c1cn(Cc2ccccc2)c2ccccc12. The molecule has 1 heterocycles. The van der Waals surface area contributed by atoms with Crippen LogP contribution in [0.15, 0.2) is 60.8 Å². The molecule has 1 N–H and O–H groups in total. The maximum Gasteiger partial charge on any atom is 0.310 e. The van der Waals surface area contributed by atoms with Crippen molar-refractivity contribution >= 4 is 16.9 Å². The Balaban J connectivity index is 2.09. The maximum absolute atomic E-state index is 11.3. The van der Waals surface area contributed by atoms with Gasteiger partial charge in [-0.3, -0.25) is 4.79 Å². The molecule has 0 fully saturated rings. The fourth-order valence-electron chi connectivity index (χ4n) is 2.66. The topological polar surface area (TPSA) is 42.2 Å². The monoisotopic (exact) mass is 279 g/mol. The van der Waals surface area contributed by atoms with Crippen molar-refractivity contribution in [2.24, 2.45) is 0 Å². The Kier molecular flexibility index (Phi) is 3.48. The number of para-hydroxylation sites is 1. The zero-order chi connectivity index (χ0) is 14.8. The zero-order valence-corrected chi connectivity index (χ0v) is 11.9. The number of aliphatic carboxylic acids is 1. The molecule has 3 heteroatoms. The van der Waals surface area contributed by atoms with Crippen LogP contribution in [0, 0.1) is 0 Å². The molecule has 3 rings (SSSR count). The minimum absolute atomic E-state index is 0.507. The normalized spacial score (nSPS) is 12.4. The predicted molar refractivity (Wildman–Crippen MR) is 83.5 cm³/mol. The molecule has 106 valence electrons. The van der Waals surface area contributed by atoms with E-state index in [-0.39, 0.29) is 0 Å². The molecule has 0 aliphatic heterocycles. The van der Waals surface area contributed by atoms with Crippen LogP contribution in [0.25, 0.3) is 10.9 Å². The molecule has 3 aromatic rings. The minimum Gasteiger partial charge on any atom is -0.481 e. The number of carboxylic acid groups (broad SMARTS) is 1. The van der Waals surface area contributed by atoms with Crippen molar-refractivity contribution in [3.8, 4) is 0 Å². The van der Waals surface area contributed by atoms with Gasteiger partial charge in [0.25, 0.3) is 0 Å². The summed E-state index contributed by atoms with van der Waals surface area (Å²) < 4.78 is 2.12. The lowest BCUT2D eigenvalue weighted by atomic mass is 10.0. The fraction of sp³-hybridized carbons (Fsp3) is 0.167. The van der Waals surface area contributed by atoms with Crippen LogP contribution in [0.3, 0.4) is 0 Å². The van der Waals surface area contributed by atoms with Gasteiger partial charge in [0.2, 0.25) is 0 Å². The van der Waals surface area contributed by atoms with Gasteiger partial charge in [0.05, 0.1) is 5.92 Å². The smallest absolute Gasteiger partial charge is 0.310 e. The Hall–Kier alpha value is -2.55. The van der Waals surface area contributed by atoms with Crippen LogP contribution >= 0.6 is 0 Å². The van der Waals surface area contributed by atoms with E-state index in [0.717, 1.165) is 23.0 Å². The molecule has 0 unspecified atom stereocenters. The van der Waals surface area contributed by atoms with E-state index in [0.29, 0.717) is 0 Å². The van der Waals surface area contributed by atoms with Gasteiger partial charge in [-0.1, -0.05) is 48.5 Å². The molecule has 0 saturated carbocycles. The Morgan fingerprint density at radius 2 is 1.76 bits per heavy atom. The van der Waals surface area contributed by atoms with Gasteiger partial charge >= 0.3 is 5.97 Å². The van der Waals surface area contributed by atoms with Crippen molar-refractivity contribution in [1.29, 1.82) is 0 Å². The summed E-state index contributed by atoms with van der Waals surface area (Å²) in [5.74, 6) is -1.30. The highest BCUT2D eigenvalue weighted by Crippen LogP contribution is 2.28. The highest BCUT2D eigenvalue weighted by atomic mass is 16.4. The van der Waals surface area contributed by atoms with Crippen LogP contribution in [0.4, 0.5) is 0 Å². The van der Waals surface area contributed by atoms with Crippen LogP contribution in [-0.4, -0.2) is 15.6 Å². The van der Waals surface area contributed by atoms with Gasteiger partial charge in [-0.15, -0.1) is 0 Å². The number of fused-ring (bicyclic) bond motifs is 1. The van der Waals surface area contributed by atoms with Crippen LogP contribution < -0.4 is 0 Å². The summed E-state index contributed by atoms with van der Waals surface area (Å²) in [4.78, 5) is 11.3. The number of benzene rings is 2. The first kappa shape index (κ1) is 13.4. The standard InChI is InChI=1S/C18H17NO2/c1-13(18(20)21)16-12-19(11-14-7-3-2-4-8-14)17-10-6-5-9-15(16)17/h2-10,12-13H,11H2,1H3,(H,20,21)/t13-/m1/s1. The zero-order valence-electron chi connectivity index (χ0n) is 11.9. The van der Waals surface area contributed by atoms with E-state index < -0.39 is 11.9 Å². The molecule has 21 heavy (non-hydrogen) atoms. The Labute approximate surface area is 123 Å². The van der Waals surface area contributed by atoms with Crippen LogP contribution in [-0.2, 0) is 11.3 Å². The quantitative estimate of drug-likeness (QED) is 0.787. The van der Waals surface area contributed by atoms with Crippen LogP contribution in [0.1, 0.15) is 24.0 Å². The highest BCUT2D eigenvalue weighted by Gasteiger charge is 2.19. The molecule has 0 radical (unpaired) electrons. The third-order valence-electron chi connectivity index (χ3n) is 3.85. The highest BCUT2D eigenvalue weighted by molar-refractivity contribution is 5.89. The summed E-state index contributed by atoms with van der Waals surface area (Å²) in [6.07, 6.45) is 1.97. The number of aromatic nitrogens is 1. The van der Waals surface area contributed by atoms with Crippen molar-refractivity contribution in [2.75, 3.05) is 0 Å². The van der Waals surface area contributed by atoms with Gasteiger partial charge in [0, 0.05) is 23.6 Å². The van der Waals surface area contributed by atoms with E-state index in [4.69, 9.17) is 0 Å². The van der Waals surface area contributed by atoms with Gasteiger partial charge < -0.3 is 9.67 Å². The Bertz CT molecular complexity index is 774. The van der Waals surface area contributed by atoms with E-state index in [2.05, 4.69) is 16.7 Å². The third kappa shape index (κ3) is 2.55. The first-order valence-corrected chi connectivity index (χ1v) is 7.01. The van der Waals surface area contributed by atoms with Crippen LogP contribution in [0.2, 0.25) is 0 Å². The molecule has 1 aromatic heterocycles. The Morgan fingerprint density at radius 3 is 2.48 bits per heavy atom. The van der Waals surface area contributed by atoms with Gasteiger partial charge in [-0.2, -0.15) is 0 Å². The molecule has 3 nitrogen and oxygen atoms in total. The lowest BCUT2D eigenvalue weighted by Crippen LogP contribution is -2.06. The van der Waals surface area contributed by atoms with Crippen molar-refractivity contribution in [2.45, 2.75) is 19.4 Å². The van der Waals surface area contributed by atoms with Crippen molar-refractivity contribution in [1.82, 2.24) is 4.57 Å². The van der Waals surface area contributed by atoms with Gasteiger partial charge in [0.1, 0.15) is 0 Å². The fourth-order valence-corrected chi connectivity index (χ4v) is 2.66. The summed E-state index contributed by atoms with van der Waals surface area (Å²) in [7, 11) is 0. The molecule has 2 aromatic carbocycles. The number of rotatable bonds is 4. The van der Waals surface area contributed by atoms with Gasteiger partial charge in [0.15, 0.2) is 0 Å². The maximum atomic E-state index is 11.3. The number of hydrogen-bond donors (Lipinski definition) is 1. The van der Waals surface area contributed by atoms with Gasteiger partial charge in [-0.25, -0.2) is 0 Å². The summed E-state index contributed by atoms with van der Waals surface area (Å²) >= 11 is 0. The first-order chi connectivity index (χ1) is 10.2. The molecule has 0 saturated heterocycles. The second-order valence-electron chi connectivity index (χ2n) is 5.28. The largest absolute Gasteiger partial charge is 0.481 e. The number of nitrogens with zero attached hydrogens (tertiary/aromatic N) is 1. The summed E-state index contributed by atoms with van der Waals surface area (Å²) in [6, 6.07) is 18.2. The molecular formula is C18H17NO2. The molecule has 1 atom stereocenters. The predicted octanol–water partition coefficient (Wildman–Crippen LogP) is 3.88. The molecule has 0 bridgehead atoms. The van der Waals surface area contributed by atoms with Crippen molar-refractivity contribution in [3.63, 3.8) is 0 Å². The summed E-state index contributed by atoms with van der Waals surface area (Å²) in [5, 5.41) is 10.3. The van der Waals surface area contributed by atoms with E-state index in [1.54, 1.807) is 6.92 Å². The third-order valence-corrected chi connectivity index (χ3v) is 3.85.